The number of anilines is 3. The van der Waals surface area contributed by atoms with E-state index in [1.54, 1.807) is 0 Å². The summed E-state index contributed by atoms with van der Waals surface area (Å²) < 4.78 is 0. The second kappa shape index (κ2) is 9.24. The average Bonchev–Trinajstić information content (AvgIpc) is 3.28. The fourth-order valence-electron chi connectivity index (χ4n) is 3.81. The molecule has 2 saturated heterocycles. The molecule has 0 atom stereocenters. The molecule has 0 spiro atoms. The van der Waals surface area contributed by atoms with Gasteiger partial charge in [0, 0.05) is 49.9 Å². The predicted octanol–water partition coefficient (Wildman–Crippen LogP) is 4.16. The summed E-state index contributed by atoms with van der Waals surface area (Å²) in [4.78, 5) is 17.2. The topological polar surface area (TPSA) is 47.6 Å². The molecule has 28 heavy (non-hydrogen) atoms. The Balaban J connectivity index is 1.31. The summed E-state index contributed by atoms with van der Waals surface area (Å²) in [5, 5.41) is 6.00. The lowest BCUT2D eigenvalue weighted by molar-refractivity contribution is 0.251. The summed E-state index contributed by atoms with van der Waals surface area (Å²) >= 11 is 2.02. The number of para-hydroxylation sites is 2. The first-order valence-electron chi connectivity index (χ1n) is 10.1. The number of nitrogens with zero attached hydrogens (tertiary/aromatic N) is 2. The maximum absolute atomic E-state index is 12.4. The van der Waals surface area contributed by atoms with Gasteiger partial charge in [0.05, 0.1) is 11.4 Å². The average molecular weight is 397 g/mol. The molecule has 0 saturated carbocycles. The minimum absolute atomic E-state index is 0.163. The molecule has 0 radical (unpaired) electrons. The third kappa shape index (κ3) is 4.73. The van der Waals surface area contributed by atoms with Crippen molar-refractivity contribution < 1.29 is 4.79 Å². The van der Waals surface area contributed by atoms with E-state index < -0.39 is 0 Å². The predicted molar refractivity (Wildman–Crippen MR) is 120 cm³/mol. The SMILES string of the molecule is O=C(NCc1ccc(N2CCSCC2)cc1)Nc1ccccc1N1CCCC1. The van der Waals surface area contributed by atoms with Crippen molar-refractivity contribution >= 4 is 34.9 Å². The minimum atomic E-state index is -0.163. The smallest absolute Gasteiger partial charge is 0.319 e. The number of urea groups is 1. The molecule has 2 aliphatic heterocycles. The molecule has 2 heterocycles. The third-order valence-corrected chi connectivity index (χ3v) is 6.31. The standard InChI is InChI=1S/C22H28N4OS/c27-22(24-20-5-1-2-6-21(20)26-11-3-4-12-26)23-17-18-7-9-19(10-8-18)25-13-15-28-16-14-25/h1-2,5-10H,3-4,11-17H2,(H2,23,24,27). The Bertz CT molecular complexity index is 783. The number of nitrogens with one attached hydrogen (secondary N) is 2. The molecule has 2 aromatic carbocycles. The molecular formula is C22H28N4OS. The van der Waals surface area contributed by atoms with Crippen LogP contribution in [0.2, 0.25) is 0 Å². The van der Waals surface area contributed by atoms with Gasteiger partial charge in [-0.1, -0.05) is 24.3 Å². The maximum atomic E-state index is 12.4. The summed E-state index contributed by atoms with van der Waals surface area (Å²) in [7, 11) is 0. The fraction of sp³-hybridized carbons (Fsp3) is 0.409. The number of benzene rings is 2. The Kier molecular flexibility index (Phi) is 6.27. The first-order chi connectivity index (χ1) is 13.8. The van der Waals surface area contributed by atoms with Crippen molar-refractivity contribution in [2.24, 2.45) is 0 Å². The summed E-state index contributed by atoms with van der Waals surface area (Å²) in [6.07, 6.45) is 2.43. The Morgan fingerprint density at radius 3 is 2.36 bits per heavy atom. The molecule has 6 heteroatoms. The first kappa shape index (κ1) is 19.0. The first-order valence-corrected chi connectivity index (χ1v) is 11.3. The van der Waals surface area contributed by atoms with Crippen molar-refractivity contribution in [1.82, 2.24) is 5.32 Å². The van der Waals surface area contributed by atoms with E-state index in [1.807, 2.05) is 30.0 Å². The van der Waals surface area contributed by atoms with Crippen LogP contribution in [0.15, 0.2) is 48.5 Å². The zero-order valence-electron chi connectivity index (χ0n) is 16.2. The molecular weight excluding hydrogens is 368 g/mol. The second-order valence-electron chi connectivity index (χ2n) is 7.28. The summed E-state index contributed by atoms with van der Waals surface area (Å²) in [6, 6.07) is 16.4. The second-order valence-corrected chi connectivity index (χ2v) is 8.51. The number of carbonyl (C=O) groups is 1. The van der Waals surface area contributed by atoms with Gasteiger partial charge in [-0.25, -0.2) is 4.79 Å². The van der Waals surface area contributed by atoms with Gasteiger partial charge in [-0.15, -0.1) is 0 Å². The third-order valence-electron chi connectivity index (χ3n) is 5.36. The van der Waals surface area contributed by atoms with Crippen LogP contribution in [0.1, 0.15) is 18.4 Å². The van der Waals surface area contributed by atoms with Crippen molar-refractivity contribution in [3.05, 3.63) is 54.1 Å². The lowest BCUT2D eigenvalue weighted by Crippen LogP contribution is -2.32. The molecule has 0 aromatic heterocycles. The maximum Gasteiger partial charge on any atom is 0.319 e. The van der Waals surface area contributed by atoms with Crippen LogP contribution in [-0.4, -0.2) is 43.7 Å². The summed E-state index contributed by atoms with van der Waals surface area (Å²) in [6.45, 7) is 4.86. The monoisotopic (exact) mass is 396 g/mol. The van der Waals surface area contributed by atoms with Gasteiger partial charge < -0.3 is 20.4 Å². The van der Waals surface area contributed by atoms with Gasteiger partial charge >= 0.3 is 6.03 Å². The van der Waals surface area contributed by atoms with Crippen LogP contribution in [0.5, 0.6) is 0 Å². The lowest BCUT2D eigenvalue weighted by Gasteiger charge is -2.28. The molecule has 2 N–H and O–H groups in total. The van der Waals surface area contributed by atoms with Crippen molar-refractivity contribution in [3.63, 3.8) is 0 Å². The van der Waals surface area contributed by atoms with Gasteiger partial charge in [0.2, 0.25) is 0 Å². The van der Waals surface area contributed by atoms with E-state index in [0.29, 0.717) is 6.54 Å². The molecule has 0 unspecified atom stereocenters. The highest BCUT2D eigenvalue weighted by Crippen LogP contribution is 2.28. The van der Waals surface area contributed by atoms with Crippen LogP contribution in [0.3, 0.4) is 0 Å². The molecule has 4 rings (SSSR count). The minimum Gasteiger partial charge on any atom is -0.370 e. The number of hydrogen-bond donors (Lipinski definition) is 2. The molecule has 2 aliphatic rings. The molecule has 0 bridgehead atoms. The van der Waals surface area contributed by atoms with Gasteiger partial charge in [-0.05, 0) is 42.7 Å². The largest absolute Gasteiger partial charge is 0.370 e. The summed E-state index contributed by atoms with van der Waals surface area (Å²) in [5.41, 5.74) is 4.37. The lowest BCUT2D eigenvalue weighted by atomic mass is 10.2. The number of rotatable bonds is 5. The highest BCUT2D eigenvalue weighted by molar-refractivity contribution is 7.99. The van der Waals surface area contributed by atoms with E-state index in [9.17, 15) is 4.79 Å². The van der Waals surface area contributed by atoms with Gasteiger partial charge in [-0.2, -0.15) is 11.8 Å². The van der Waals surface area contributed by atoms with Gasteiger partial charge in [-0.3, -0.25) is 0 Å². The zero-order valence-corrected chi connectivity index (χ0v) is 17.0. The van der Waals surface area contributed by atoms with Crippen molar-refractivity contribution in [2.75, 3.05) is 52.8 Å². The Labute approximate surface area is 171 Å². The Morgan fingerprint density at radius 1 is 0.893 bits per heavy atom. The Morgan fingerprint density at radius 2 is 1.61 bits per heavy atom. The molecule has 2 fully saturated rings. The molecule has 2 amide bonds. The van der Waals surface area contributed by atoms with Crippen LogP contribution < -0.4 is 20.4 Å². The van der Waals surface area contributed by atoms with E-state index in [-0.39, 0.29) is 6.03 Å². The van der Waals surface area contributed by atoms with Crippen molar-refractivity contribution in [2.45, 2.75) is 19.4 Å². The summed E-state index contributed by atoms with van der Waals surface area (Å²) in [5.74, 6) is 2.39. The number of amides is 2. The van der Waals surface area contributed by atoms with Crippen molar-refractivity contribution in [1.29, 1.82) is 0 Å². The van der Waals surface area contributed by atoms with Gasteiger partial charge in [0.25, 0.3) is 0 Å². The highest BCUT2D eigenvalue weighted by Gasteiger charge is 2.16. The normalized spacial score (nSPS) is 16.9. The van der Waals surface area contributed by atoms with Crippen molar-refractivity contribution in [3.8, 4) is 0 Å². The Hall–Kier alpha value is -2.34. The van der Waals surface area contributed by atoms with Gasteiger partial charge in [0.1, 0.15) is 0 Å². The van der Waals surface area contributed by atoms with Crippen LogP contribution in [0.4, 0.5) is 21.9 Å². The zero-order chi connectivity index (χ0) is 19.2. The highest BCUT2D eigenvalue weighted by atomic mass is 32.2. The molecule has 2 aromatic rings. The molecule has 148 valence electrons. The van der Waals surface area contributed by atoms with Crippen LogP contribution >= 0.6 is 11.8 Å². The van der Waals surface area contributed by atoms with Crippen LogP contribution in [0, 0.1) is 0 Å². The number of carbonyl (C=O) groups excluding carboxylic acids is 1. The van der Waals surface area contributed by atoms with Crippen LogP contribution in [-0.2, 0) is 6.54 Å². The van der Waals surface area contributed by atoms with Crippen LogP contribution in [0.25, 0.3) is 0 Å². The van der Waals surface area contributed by atoms with E-state index in [0.717, 1.165) is 43.1 Å². The van der Waals surface area contributed by atoms with Gasteiger partial charge in [0.15, 0.2) is 0 Å². The molecule has 0 aliphatic carbocycles. The molecule has 5 nitrogen and oxygen atoms in total. The quantitative estimate of drug-likeness (QED) is 0.797. The fourth-order valence-corrected chi connectivity index (χ4v) is 4.71. The number of hydrogen-bond acceptors (Lipinski definition) is 4. The number of thioether (sulfide) groups is 1. The van der Waals surface area contributed by atoms with E-state index >= 15 is 0 Å². The van der Waals surface area contributed by atoms with E-state index in [2.05, 4.69) is 50.8 Å². The van der Waals surface area contributed by atoms with E-state index in [4.69, 9.17) is 0 Å². The van der Waals surface area contributed by atoms with E-state index in [1.165, 1.54) is 30.0 Å².